The second-order valence-electron chi connectivity index (χ2n) is 12.0. The first-order chi connectivity index (χ1) is 19.9. The van der Waals surface area contributed by atoms with Crippen molar-refractivity contribution in [3.8, 4) is 6.07 Å². The van der Waals surface area contributed by atoms with Gasteiger partial charge < -0.3 is 10.6 Å². The molecule has 0 amide bonds. The average molecular weight is 589 g/mol. The standard InChI is InChI=1S/C31H31ClF2N8/c1-30(2,3)17-38-26-18(14-35)15-37-27-22(26)12-19(13-23(27)32)39-28(21-8-6-10-24-20(21)9-7-11-36-24)25-16-42(41-40-25)31(4,5)29(33)34/h6-13,15-16,28-29,39H,17H2,1-5H3,(H,37,38)/t28-/m0/s1. The van der Waals surface area contributed by atoms with Crippen molar-refractivity contribution in [1.29, 1.82) is 5.26 Å². The molecule has 3 heterocycles. The van der Waals surface area contributed by atoms with Crippen molar-refractivity contribution in [3.05, 3.63) is 82.9 Å². The molecule has 1 atom stereocenters. The number of pyridine rings is 2. The van der Waals surface area contributed by atoms with Crippen LogP contribution in [0.1, 0.15) is 57.5 Å². The summed E-state index contributed by atoms with van der Waals surface area (Å²) in [7, 11) is 0. The van der Waals surface area contributed by atoms with Crippen LogP contribution >= 0.6 is 11.6 Å². The van der Waals surface area contributed by atoms with Gasteiger partial charge in [-0.1, -0.05) is 55.8 Å². The number of fused-ring (bicyclic) bond motifs is 2. The molecule has 5 aromatic rings. The SMILES string of the molecule is CC(C)(C)CNc1c(C#N)cnc2c(Cl)cc(N[C@H](c3cn(C(C)(C)C(F)F)nn3)c3cccc4ncccc34)cc12. The van der Waals surface area contributed by atoms with Crippen molar-refractivity contribution < 1.29 is 8.78 Å². The molecular formula is C31H31ClF2N8. The Hall–Kier alpha value is -4.36. The number of anilines is 2. The van der Waals surface area contributed by atoms with E-state index in [1.165, 1.54) is 30.9 Å². The molecule has 42 heavy (non-hydrogen) atoms. The highest BCUT2D eigenvalue weighted by Crippen LogP contribution is 2.37. The lowest BCUT2D eigenvalue weighted by Gasteiger charge is -2.24. The van der Waals surface area contributed by atoms with Gasteiger partial charge in [0.05, 0.1) is 39.5 Å². The third-order valence-electron chi connectivity index (χ3n) is 7.07. The van der Waals surface area contributed by atoms with Crippen LogP contribution in [0.2, 0.25) is 5.02 Å². The first-order valence-electron chi connectivity index (χ1n) is 13.5. The van der Waals surface area contributed by atoms with Crippen LogP contribution < -0.4 is 10.6 Å². The van der Waals surface area contributed by atoms with Gasteiger partial charge in [-0.3, -0.25) is 9.97 Å². The first-order valence-corrected chi connectivity index (χ1v) is 13.8. The molecule has 0 aliphatic carbocycles. The quantitative estimate of drug-likeness (QED) is 0.193. The molecule has 0 aliphatic heterocycles. The molecule has 0 radical (unpaired) electrons. The monoisotopic (exact) mass is 588 g/mol. The Morgan fingerprint density at radius 1 is 1.05 bits per heavy atom. The minimum absolute atomic E-state index is 0.0483. The second-order valence-corrected chi connectivity index (χ2v) is 12.4. The average Bonchev–Trinajstić information content (AvgIpc) is 3.45. The number of benzene rings is 2. The molecule has 2 aromatic carbocycles. The zero-order chi connectivity index (χ0) is 30.2. The third-order valence-corrected chi connectivity index (χ3v) is 7.36. The van der Waals surface area contributed by atoms with Crippen molar-refractivity contribution >= 4 is 44.8 Å². The summed E-state index contributed by atoms with van der Waals surface area (Å²) >= 11 is 6.75. The predicted molar refractivity (Wildman–Crippen MR) is 162 cm³/mol. The number of nitriles is 1. The van der Waals surface area contributed by atoms with Gasteiger partial charge in [0.15, 0.2) is 0 Å². The van der Waals surface area contributed by atoms with Gasteiger partial charge in [-0.15, -0.1) is 5.10 Å². The summed E-state index contributed by atoms with van der Waals surface area (Å²) in [5.41, 5.74) is 2.63. The lowest BCUT2D eigenvalue weighted by Crippen LogP contribution is -2.34. The number of nitrogens with zero attached hydrogens (tertiary/aromatic N) is 6. The number of alkyl halides is 2. The van der Waals surface area contributed by atoms with Gasteiger partial charge in [0.2, 0.25) is 0 Å². The highest BCUT2D eigenvalue weighted by atomic mass is 35.5. The smallest absolute Gasteiger partial charge is 0.262 e. The van der Waals surface area contributed by atoms with Crippen molar-refractivity contribution in [1.82, 2.24) is 25.0 Å². The molecular weight excluding hydrogens is 558 g/mol. The summed E-state index contributed by atoms with van der Waals surface area (Å²) in [6, 6.07) is 14.8. The molecule has 2 N–H and O–H groups in total. The second kappa shape index (κ2) is 11.1. The number of hydrogen-bond acceptors (Lipinski definition) is 7. The number of rotatable bonds is 8. The summed E-state index contributed by atoms with van der Waals surface area (Å²) in [5, 5.41) is 27.1. The molecule has 11 heteroatoms. The van der Waals surface area contributed by atoms with Crippen LogP contribution in [0.15, 0.2) is 61.1 Å². The molecule has 3 aromatic heterocycles. The van der Waals surface area contributed by atoms with Crippen LogP contribution in [0.25, 0.3) is 21.8 Å². The van der Waals surface area contributed by atoms with E-state index in [1.54, 1.807) is 12.3 Å². The van der Waals surface area contributed by atoms with E-state index in [9.17, 15) is 14.0 Å². The van der Waals surface area contributed by atoms with Crippen molar-refractivity contribution in [3.63, 3.8) is 0 Å². The summed E-state index contributed by atoms with van der Waals surface area (Å²) in [4.78, 5) is 8.94. The molecule has 0 bridgehead atoms. The van der Waals surface area contributed by atoms with Gasteiger partial charge in [0.1, 0.15) is 17.3 Å². The molecule has 8 nitrogen and oxygen atoms in total. The Bertz CT molecular complexity index is 1800. The summed E-state index contributed by atoms with van der Waals surface area (Å²) in [6.45, 7) is 9.74. The molecule has 0 unspecified atom stereocenters. The fourth-order valence-corrected chi connectivity index (χ4v) is 4.89. The number of aromatic nitrogens is 5. The van der Waals surface area contributed by atoms with Crippen molar-refractivity contribution in [2.24, 2.45) is 5.41 Å². The summed E-state index contributed by atoms with van der Waals surface area (Å²) < 4.78 is 28.9. The molecule has 0 saturated carbocycles. The molecule has 0 aliphatic rings. The van der Waals surface area contributed by atoms with Gasteiger partial charge in [0.25, 0.3) is 6.43 Å². The lowest BCUT2D eigenvalue weighted by atomic mass is 9.96. The first kappa shape index (κ1) is 29.1. The highest BCUT2D eigenvalue weighted by molar-refractivity contribution is 6.35. The lowest BCUT2D eigenvalue weighted by molar-refractivity contribution is 0.0191. The third kappa shape index (κ3) is 5.70. The van der Waals surface area contributed by atoms with E-state index < -0.39 is 18.0 Å². The Morgan fingerprint density at radius 3 is 2.55 bits per heavy atom. The maximum absolute atomic E-state index is 13.9. The zero-order valence-electron chi connectivity index (χ0n) is 24.0. The number of halogens is 3. The Kier molecular flexibility index (Phi) is 7.73. The minimum Gasteiger partial charge on any atom is -0.383 e. The molecule has 5 rings (SSSR count). The van der Waals surface area contributed by atoms with Crippen molar-refractivity contribution in [2.75, 3.05) is 17.2 Å². The highest BCUT2D eigenvalue weighted by Gasteiger charge is 2.34. The van der Waals surface area contributed by atoms with Gasteiger partial charge in [-0.05, 0) is 49.1 Å². The largest absolute Gasteiger partial charge is 0.383 e. The van der Waals surface area contributed by atoms with Gasteiger partial charge >= 0.3 is 0 Å². The maximum atomic E-state index is 13.9. The maximum Gasteiger partial charge on any atom is 0.262 e. The van der Waals surface area contributed by atoms with Crippen molar-refractivity contribution in [2.45, 2.75) is 52.6 Å². The van der Waals surface area contributed by atoms with Gasteiger partial charge in [-0.2, -0.15) is 5.26 Å². The minimum atomic E-state index is -2.65. The zero-order valence-corrected chi connectivity index (χ0v) is 24.7. The summed E-state index contributed by atoms with van der Waals surface area (Å²) in [6.07, 6.45) is 2.11. The topological polar surface area (TPSA) is 104 Å². The van der Waals surface area contributed by atoms with Gasteiger partial charge in [-0.25, -0.2) is 13.5 Å². The van der Waals surface area contributed by atoms with E-state index in [2.05, 4.69) is 57.8 Å². The fourth-order valence-electron chi connectivity index (χ4n) is 4.62. The van der Waals surface area contributed by atoms with Gasteiger partial charge in [0, 0.05) is 35.4 Å². The molecule has 0 saturated heterocycles. The van der Waals surface area contributed by atoms with Crippen LogP contribution in [-0.2, 0) is 5.54 Å². The van der Waals surface area contributed by atoms with E-state index in [0.717, 1.165) is 16.5 Å². The van der Waals surface area contributed by atoms with Crippen LogP contribution in [0, 0.1) is 16.7 Å². The van der Waals surface area contributed by atoms with Crippen LogP contribution in [-0.4, -0.2) is 37.9 Å². The van der Waals surface area contributed by atoms with E-state index >= 15 is 0 Å². The Labute approximate surface area is 247 Å². The van der Waals surface area contributed by atoms with Crippen LogP contribution in [0.5, 0.6) is 0 Å². The normalized spacial score (nSPS) is 13.0. The van der Waals surface area contributed by atoms with E-state index in [0.29, 0.717) is 45.1 Å². The van der Waals surface area contributed by atoms with E-state index in [1.807, 2.05) is 36.4 Å². The molecule has 0 spiro atoms. The number of hydrogen-bond donors (Lipinski definition) is 2. The van der Waals surface area contributed by atoms with E-state index in [-0.39, 0.29) is 5.41 Å². The molecule has 0 fully saturated rings. The van der Waals surface area contributed by atoms with Crippen LogP contribution in [0.4, 0.5) is 20.2 Å². The van der Waals surface area contributed by atoms with E-state index in [4.69, 9.17) is 11.6 Å². The summed E-state index contributed by atoms with van der Waals surface area (Å²) in [5.74, 6) is 0. The Balaban J connectivity index is 1.66. The molecule has 216 valence electrons. The van der Waals surface area contributed by atoms with Crippen LogP contribution in [0.3, 0.4) is 0 Å². The number of nitrogens with one attached hydrogen (secondary N) is 2. The Morgan fingerprint density at radius 2 is 1.83 bits per heavy atom. The predicted octanol–water partition coefficient (Wildman–Crippen LogP) is 7.56. The fraction of sp³-hybridized carbons (Fsp3) is 0.323.